The number of para-hydroxylation sites is 2. The molecule has 0 unspecified atom stereocenters. The van der Waals surface area contributed by atoms with Crippen LogP contribution < -0.4 is 10.1 Å². The van der Waals surface area contributed by atoms with Gasteiger partial charge in [-0.3, -0.25) is 4.79 Å². The van der Waals surface area contributed by atoms with Crippen molar-refractivity contribution in [1.82, 2.24) is 20.2 Å². The highest BCUT2D eigenvalue weighted by molar-refractivity contribution is 7.99. The van der Waals surface area contributed by atoms with E-state index >= 15 is 0 Å². The Bertz CT molecular complexity index is 911. The first-order valence-electron chi connectivity index (χ1n) is 9.14. The van der Waals surface area contributed by atoms with Gasteiger partial charge in [0.1, 0.15) is 5.75 Å². The molecule has 3 rings (SSSR count). The molecule has 3 aromatic rings. The van der Waals surface area contributed by atoms with Crippen LogP contribution in [0.25, 0.3) is 5.69 Å². The molecule has 1 aromatic heterocycles. The molecule has 0 radical (unpaired) electrons. The van der Waals surface area contributed by atoms with Gasteiger partial charge in [-0.1, -0.05) is 49.4 Å². The highest BCUT2D eigenvalue weighted by Gasteiger charge is 2.13. The molecule has 146 valence electrons. The molecule has 0 aliphatic carbocycles. The van der Waals surface area contributed by atoms with Crippen LogP contribution in [0.15, 0.2) is 53.7 Å². The van der Waals surface area contributed by atoms with E-state index in [0.717, 1.165) is 12.1 Å². The largest absolute Gasteiger partial charge is 0.495 e. The number of methoxy groups -OCH3 is 1. The van der Waals surface area contributed by atoms with Crippen molar-refractivity contribution in [3.05, 3.63) is 54.1 Å². The number of aryl methyl sites for hydroxylation is 1. The second-order valence-electron chi connectivity index (χ2n) is 6.18. The minimum atomic E-state index is -0.154. The Kier molecular flexibility index (Phi) is 7.02. The number of tetrazole rings is 1. The number of thioether (sulfide) groups is 1. The van der Waals surface area contributed by atoms with Gasteiger partial charge in [-0.05, 0) is 53.1 Å². The standard InChI is InChI=1S/C20H23N5O2S/c1-3-4-7-15-10-12-16(13-11-15)25-20(22-23-24-25)28-14-19(26)21-17-8-5-6-9-18(17)27-2/h5-6,8-13H,3-4,7,14H2,1-2H3,(H,21,26). The molecular weight excluding hydrogens is 374 g/mol. The van der Waals surface area contributed by atoms with Crippen molar-refractivity contribution in [2.45, 2.75) is 31.3 Å². The SMILES string of the molecule is CCCCc1ccc(-n2nnnc2SCC(=O)Nc2ccccc2OC)cc1. The van der Waals surface area contributed by atoms with E-state index in [-0.39, 0.29) is 11.7 Å². The summed E-state index contributed by atoms with van der Waals surface area (Å²) in [7, 11) is 1.57. The number of nitrogens with zero attached hydrogens (tertiary/aromatic N) is 4. The molecule has 1 amide bonds. The molecule has 1 heterocycles. The van der Waals surface area contributed by atoms with E-state index in [1.165, 1.54) is 30.2 Å². The Hall–Kier alpha value is -2.87. The molecule has 0 spiro atoms. The summed E-state index contributed by atoms with van der Waals surface area (Å²) in [5.41, 5.74) is 2.81. The summed E-state index contributed by atoms with van der Waals surface area (Å²) in [5.74, 6) is 0.653. The quantitative estimate of drug-likeness (QED) is 0.554. The lowest BCUT2D eigenvalue weighted by atomic mass is 10.1. The predicted octanol–water partition coefficient (Wildman–Crippen LogP) is 3.74. The number of benzene rings is 2. The van der Waals surface area contributed by atoms with E-state index in [1.807, 2.05) is 24.3 Å². The highest BCUT2D eigenvalue weighted by Crippen LogP contribution is 2.24. The highest BCUT2D eigenvalue weighted by atomic mass is 32.2. The molecule has 0 aliphatic rings. The zero-order chi connectivity index (χ0) is 19.8. The maximum absolute atomic E-state index is 12.3. The Morgan fingerprint density at radius 1 is 1.18 bits per heavy atom. The summed E-state index contributed by atoms with van der Waals surface area (Å²) in [6, 6.07) is 15.5. The van der Waals surface area contributed by atoms with Gasteiger partial charge in [0, 0.05) is 0 Å². The number of carbonyl (C=O) groups excluding carboxylic acids is 1. The number of carbonyl (C=O) groups is 1. The molecule has 2 aromatic carbocycles. The number of rotatable bonds is 9. The molecule has 1 N–H and O–H groups in total. The number of hydrogen-bond donors (Lipinski definition) is 1. The second-order valence-corrected chi connectivity index (χ2v) is 7.12. The molecule has 28 heavy (non-hydrogen) atoms. The average molecular weight is 398 g/mol. The normalized spacial score (nSPS) is 10.6. The Morgan fingerprint density at radius 2 is 1.96 bits per heavy atom. The first-order chi connectivity index (χ1) is 13.7. The van der Waals surface area contributed by atoms with E-state index in [2.05, 4.69) is 39.9 Å². The predicted molar refractivity (Wildman–Crippen MR) is 110 cm³/mol. The first-order valence-corrected chi connectivity index (χ1v) is 10.1. The molecular formula is C20H23N5O2S. The van der Waals surface area contributed by atoms with Crippen molar-refractivity contribution >= 4 is 23.4 Å². The molecule has 8 heteroatoms. The number of nitrogens with one attached hydrogen (secondary N) is 1. The van der Waals surface area contributed by atoms with Crippen molar-refractivity contribution in [2.24, 2.45) is 0 Å². The third-order valence-electron chi connectivity index (χ3n) is 4.15. The van der Waals surface area contributed by atoms with Gasteiger partial charge in [0.05, 0.1) is 24.2 Å². The van der Waals surface area contributed by atoms with Gasteiger partial charge >= 0.3 is 0 Å². The fourth-order valence-electron chi connectivity index (χ4n) is 2.68. The van der Waals surface area contributed by atoms with E-state index in [1.54, 1.807) is 23.9 Å². The van der Waals surface area contributed by atoms with Crippen LogP contribution in [0.3, 0.4) is 0 Å². The van der Waals surface area contributed by atoms with Crippen LogP contribution in [-0.2, 0) is 11.2 Å². The summed E-state index contributed by atoms with van der Waals surface area (Å²) in [6.45, 7) is 2.18. The van der Waals surface area contributed by atoms with Crippen LogP contribution >= 0.6 is 11.8 Å². The summed E-state index contributed by atoms with van der Waals surface area (Å²) in [4.78, 5) is 12.3. The zero-order valence-electron chi connectivity index (χ0n) is 16.0. The molecule has 0 atom stereocenters. The van der Waals surface area contributed by atoms with Crippen LogP contribution in [0.1, 0.15) is 25.3 Å². The Balaban J connectivity index is 1.62. The van der Waals surface area contributed by atoms with Crippen LogP contribution in [0, 0.1) is 0 Å². The molecule has 7 nitrogen and oxygen atoms in total. The van der Waals surface area contributed by atoms with Gasteiger partial charge in [-0.2, -0.15) is 4.68 Å². The number of aromatic nitrogens is 4. The van der Waals surface area contributed by atoms with Crippen LogP contribution in [-0.4, -0.2) is 39.0 Å². The fraction of sp³-hybridized carbons (Fsp3) is 0.300. The number of unbranched alkanes of at least 4 members (excludes halogenated alkanes) is 1. The van der Waals surface area contributed by atoms with Gasteiger partial charge in [0.15, 0.2) is 0 Å². The minimum absolute atomic E-state index is 0.154. The zero-order valence-corrected chi connectivity index (χ0v) is 16.8. The van der Waals surface area contributed by atoms with Crippen molar-refractivity contribution in [3.8, 4) is 11.4 Å². The van der Waals surface area contributed by atoms with Crippen LogP contribution in [0.5, 0.6) is 5.75 Å². The number of anilines is 1. The molecule has 0 saturated heterocycles. The van der Waals surface area contributed by atoms with Crippen LogP contribution in [0.4, 0.5) is 5.69 Å². The monoisotopic (exact) mass is 397 g/mol. The Labute approximate surface area is 168 Å². The number of hydrogen-bond acceptors (Lipinski definition) is 6. The van der Waals surface area contributed by atoms with E-state index < -0.39 is 0 Å². The van der Waals surface area contributed by atoms with Gasteiger partial charge in [0.25, 0.3) is 0 Å². The lowest BCUT2D eigenvalue weighted by Crippen LogP contribution is -2.15. The fourth-order valence-corrected chi connectivity index (χ4v) is 3.37. The van der Waals surface area contributed by atoms with E-state index in [4.69, 9.17) is 4.74 Å². The van der Waals surface area contributed by atoms with Crippen LogP contribution in [0.2, 0.25) is 0 Å². The number of amides is 1. The summed E-state index contributed by atoms with van der Waals surface area (Å²) < 4.78 is 6.89. The maximum atomic E-state index is 12.3. The lowest BCUT2D eigenvalue weighted by molar-refractivity contribution is -0.113. The molecule has 0 aliphatic heterocycles. The lowest BCUT2D eigenvalue weighted by Gasteiger charge is -2.09. The third kappa shape index (κ3) is 5.10. The summed E-state index contributed by atoms with van der Waals surface area (Å²) >= 11 is 1.28. The smallest absolute Gasteiger partial charge is 0.234 e. The van der Waals surface area contributed by atoms with Crippen molar-refractivity contribution in [3.63, 3.8) is 0 Å². The van der Waals surface area contributed by atoms with Gasteiger partial charge in [-0.15, -0.1) is 5.10 Å². The summed E-state index contributed by atoms with van der Waals surface area (Å²) in [6.07, 6.45) is 3.41. The number of ether oxygens (including phenoxy) is 1. The van der Waals surface area contributed by atoms with Crippen molar-refractivity contribution < 1.29 is 9.53 Å². The molecule has 0 fully saturated rings. The second kappa shape index (κ2) is 9.89. The van der Waals surface area contributed by atoms with Gasteiger partial charge in [0.2, 0.25) is 11.1 Å². The molecule has 0 bridgehead atoms. The Morgan fingerprint density at radius 3 is 2.71 bits per heavy atom. The minimum Gasteiger partial charge on any atom is -0.495 e. The average Bonchev–Trinajstić information content (AvgIpc) is 3.20. The van der Waals surface area contributed by atoms with Gasteiger partial charge in [-0.25, -0.2) is 0 Å². The van der Waals surface area contributed by atoms with E-state index in [9.17, 15) is 4.79 Å². The van der Waals surface area contributed by atoms with E-state index in [0.29, 0.717) is 16.6 Å². The van der Waals surface area contributed by atoms with Crippen molar-refractivity contribution in [1.29, 1.82) is 0 Å². The third-order valence-corrected chi connectivity index (χ3v) is 5.07. The first kappa shape index (κ1) is 19.9. The summed E-state index contributed by atoms with van der Waals surface area (Å²) in [5, 5.41) is 15.3. The topological polar surface area (TPSA) is 81.9 Å². The van der Waals surface area contributed by atoms with Gasteiger partial charge < -0.3 is 10.1 Å². The molecule has 0 saturated carbocycles. The maximum Gasteiger partial charge on any atom is 0.234 e. The van der Waals surface area contributed by atoms with Crippen molar-refractivity contribution in [2.75, 3.05) is 18.2 Å².